The number of nitrogens with zero attached hydrogens (tertiary/aromatic N) is 2. The first kappa shape index (κ1) is 9.34. The van der Waals surface area contributed by atoms with Crippen LogP contribution in [-0.2, 0) is 0 Å². The SMILES string of the molecule is NC1C=C(c2cnccn2)CCCC1. The number of hydrogen-bond donors (Lipinski definition) is 1. The third-order valence-corrected chi connectivity index (χ3v) is 2.54. The molecule has 2 N–H and O–H groups in total. The molecule has 1 unspecified atom stereocenters. The second-order valence-corrected chi connectivity index (χ2v) is 3.69. The second kappa shape index (κ2) is 4.33. The second-order valence-electron chi connectivity index (χ2n) is 3.69. The fourth-order valence-electron chi connectivity index (χ4n) is 1.80. The predicted octanol–water partition coefficient (Wildman–Crippen LogP) is 1.76. The summed E-state index contributed by atoms with van der Waals surface area (Å²) in [6.45, 7) is 0. The van der Waals surface area contributed by atoms with Crippen LogP contribution in [0.15, 0.2) is 24.7 Å². The predicted molar refractivity (Wildman–Crippen MR) is 56.5 cm³/mol. The Morgan fingerprint density at radius 3 is 3.00 bits per heavy atom. The number of rotatable bonds is 1. The van der Waals surface area contributed by atoms with Crippen molar-refractivity contribution in [2.45, 2.75) is 31.7 Å². The van der Waals surface area contributed by atoms with Crippen LogP contribution in [0.4, 0.5) is 0 Å². The van der Waals surface area contributed by atoms with Crippen LogP contribution in [0.3, 0.4) is 0 Å². The van der Waals surface area contributed by atoms with Crippen molar-refractivity contribution < 1.29 is 0 Å². The molecule has 0 amide bonds. The van der Waals surface area contributed by atoms with Crippen molar-refractivity contribution in [2.24, 2.45) is 5.73 Å². The van der Waals surface area contributed by atoms with Crippen molar-refractivity contribution in [1.29, 1.82) is 0 Å². The first-order valence-electron chi connectivity index (χ1n) is 5.09. The first-order valence-corrected chi connectivity index (χ1v) is 5.09. The zero-order valence-electron chi connectivity index (χ0n) is 8.19. The van der Waals surface area contributed by atoms with E-state index in [0.29, 0.717) is 0 Å². The summed E-state index contributed by atoms with van der Waals surface area (Å²) in [5.74, 6) is 0. The Morgan fingerprint density at radius 1 is 1.29 bits per heavy atom. The van der Waals surface area contributed by atoms with Gasteiger partial charge in [0.05, 0.1) is 11.9 Å². The average molecular weight is 189 g/mol. The molecule has 3 heteroatoms. The van der Waals surface area contributed by atoms with Crippen LogP contribution >= 0.6 is 0 Å². The lowest BCUT2D eigenvalue weighted by Gasteiger charge is -2.04. The van der Waals surface area contributed by atoms with Crippen molar-refractivity contribution in [2.75, 3.05) is 0 Å². The Bertz CT molecular complexity index is 319. The van der Waals surface area contributed by atoms with E-state index in [1.54, 1.807) is 12.4 Å². The standard InChI is InChI=1S/C11H15N3/c12-10-4-2-1-3-9(7-10)11-8-13-5-6-14-11/h5-8,10H,1-4,12H2. The fourth-order valence-corrected chi connectivity index (χ4v) is 1.80. The largest absolute Gasteiger partial charge is 0.324 e. The molecular formula is C11H15N3. The highest BCUT2D eigenvalue weighted by Gasteiger charge is 2.10. The number of nitrogens with two attached hydrogens (primary N) is 1. The van der Waals surface area contributed by atoms with E-state index in [1.807, 2.05) is 6.20 Å². The van der Waals surface area contributed by atoms with Gasteiger partial charge in [-0.15, -0.1) is 0 Å². The molecular weight excluding hydrogens is 174 g/mol. The molecule has 1 heterocycles. The molecule has 0 saturated heterocycles. The Labute approximate surface area is 84.1 Å². The Balaban J connectivity index is 2.24. The van der Waals surface area contributed by atoms with E-state index in [1.165, 1.54) is 18.4 Å². The van der Waals surface area contributed by atoms with Crippen molar-refractivity contribution in [3.63, 3.8) is 0 Å². The van der Waals surface area contributed by atoms with Crippen LogP contribution < -0.4 is 5.73 Å². The van der Waals surface area contributed by atoms with E-state index in [0.717, 1.165) is 18.5 Å². The van der Waals surface area contributed by atoms with Gasteiger partial charge in [-0.3, -0.25) is 9.97 Å². The lowest BCUT2D eigenvalue weighted by molar-refractivity contribution is 0.657. The lowest BCUT2D eigenvalue weighted by atomic mass is 10.1. The summed E-state index contributed by atoms with van der Waals surface area (Å²) in [6, 6.07) is 0.189. The molecule has 0 aliphatic heterocycles. The first-order chi connectivity index (χ1) is 6.86. The third-order valence-electron chi connectivity index (χ3n) is 2.54. The summed E-state index contributed by atoms with van der Waals surface area (Å²) < 4.78 is 0. The topological polar surface area (TPSA) is 51.8 Å². The molecule has 1 aliphatic rings. The molecule has 1 aliphatic carbocycles. The molecule has 0 radical (unpaired) electrons. The van der Waals surface area contributed by atoms with Crippen LogP contribution in [0.5, 0.6) is 0 Å². The maximum absolute atomic E-state index is 5.94. The molecule has 1 aromatic rings. The van der Waals surface area contributed by atoms with E-state index in [-0.39, 0.29) is 6.04 Å². The Hall–Kier alpha value is -1.22. The van der Waals surface area contributed by atoms with Crippen LogP contribution in [0, 0.1) is 0 Å². The molecule has 0 aromatic carbocycles. The highest BCUT2D eigenvalue weighted by Crippen LogP contribution is 2.23. The van der Waals surface area contributed by atoms with Crippen LogP contribution in [0.2, 0.25) is 0 Å². The lowest BCUT2D eigenvalue weighted by Crippen LogP contribution is -2.15. The van der Waals surface area contributed by atoms with Crippen LogP contribution in [0.1, 0.15) is 31.4 Å². The van der Waals surface area contributed by atoms with Gasteiger partial charge in [0.15, 0.2) is 0 Å². The molecule has 3 nitrogen and oxygen atoms in total. The van der Waals surface area contributed by atoms with Gasteiger partial charge in [0, 0.05) is 18.4 Å². The summed E-state index contributed by atoms with van der Waals surface area (Å²) in [5.41, 5.74) is 8.17. The van der Waals surface area contributed by atoms with Gasteiger partial charge in [-0.05, 0) is 24.8 Å². The minimum absolute atomic E-state index is 0.189. The molecule has 1 atom stereocenters. The van der Waals surface area contributed by atoms with Crippen molar-refractivity contribution in [3.8, 4) is 0 Å². The molecule has 14 heavy (non-hydrogen) atoms. The molecule has 1 aromatic heterocycles. The monoisotopic (exact) mass is 189 g/mol. The van der Waals surface area contributed by atoms with Crippen molar-refractivity contribution >= 4 is 5.57 Å². The number of hydrogen-bond acceptors (Lipinski definition) is 3. The number of aromatic nitrogens is 2. The van der Waals surface area contributed by atoms with Gasteiger partial charge in [-0.2, -0.15) is 0 Å². The highest BCUT2D eigenvalue weighted by molar-refractivity contribution is 5.62. The van der Waals surface area contributed by atoms with Gasteiger partial charge in [-0.1, -0.05) is 12.5 Å². The molecule has 74 valence electrons. The summed E-state index contributed by atoms with van der Waals surface area (Å²) in [4.78, 5) is 8.36. The van der Waals surface area contributed by atoms with E-state index in [4.69, 9.17) is 5.73 Å². The summed E-state index contributed by atoms with van der Waals surface area (Å²) >= 11 is 0. The minimum atomic E-state index is 0.189. The summed E-state index contributed by atoms with van der Waals surface area (Å²) in [7, 11) is 0. The molecule has 0 fully saturated rings. The van der Waals surface area contributed by atoms with E-state index in [9.17, 15) is 0 Å². The van der Waals surface area contributed by atoms with Gasteiger partial charge in [0.25, 0.3) is 0 Å². The molecule has 0 bridgehead atoms. The summed E-state index contributed by atoms with van der Waals surface area (Å²) in [6.07, 6.45) is 11.9. The van der Waals surface area contributed by atoms with Crippen LogP contribution in [0.25, 0.3) is 5.57 Å². The maximum Gasteiger partial charge on any atom is 0.0842 e. The van der Waals surface area contributed by atoms with Gasteiger partial charge in [0.2, 0.25) is 0 Å². The van der Waals surface area contributed by atoms with Gasteiger partial charge in [-0.25, -0.2) is 0 Å². The van der Waals surface area contributed by atoms with Gasteiger partial charge < -0.3 is 5.73 Å². The zero-order valence-corrected chi connectivity index (χ0v) is 8.19. The number of allylic oxidation sites excluding steroid dienone is 1. The summed E-state index contributed by atoms with van der Waals surface area (Å²) in [5, 5.41) is 0. The normalized spacial score (nSPS) is 22.6. The average Bonchev–Trinajstić information content (AvgIpc) is 2.44. The molecule has 0 saturated carbocycles. The third kappa shape index (κ3) is 2.17. The Morgan fingerprint density at radius 2 is 2.21 bits per heavy atom. The minimum Gasteiger partial charge on any atom is -0.324 e. The van der Waals surface area contributed by atoms with Gasteiger partial charge >= 0.3 is 0 Å². The van der Waals surface area contributed by atoms with Gasteiger partial charge in [0.1, 0.15) is 0 Å². The van der Waals surface area contributed by atoms with Crippen molar-refractivity contribution in [3.05, 3.63) is 30.4 Å². The Kier molecular flexibility index (Phi) is 2.89. The zero-order chi connectivity index (χ0) is 9.80. The highest BCUT2D eigenvalue weighted by atomic mass is 14.8. The van der Waals surface area contributed by atoms with Crippen molar-refractivity contribution in [1.82, 2.24) is 9.97 Å². The quantitative estimate of drug-likeness (QED) is 0.732. The van der Waals surface area contributed by atoms with E-state index < -0.39 is 0 Å². The fraction of sp³-hybridized carbons (Fsp3) is 0.455. The van der Waals surface area contributed by atoms with E-state index in [2.05, 4.69) is 16.0 Å². The molecule has 0 spiro atoms. The smallest absolute Gasteiger partial charge is 0.0842 e. The maximum atomic E-state index is 5.94. The van der Waals surface area contributed by atoms with E-state index >= 15 is 0 Å². The molecule has 2 rings (SSSR count). The van der Waals surface area contributed by atoms with Crippen LogP contribution in [-0.4, -0.2) is 16.0 Å².